The van der Waals surface area contributed by atoms with Gasteiger partial charge < -0.3 is 10.1 Å². The van der Waals surface area contributed by atoms with Gasteiger partial charge in [-0.15, -0.1) is 0 Å². The average molecular weight is 319 g/mol. The molecule has 0 bridgehead atoms. The number of esters is 1. The minimum Gasteiger partial charge on any atom is -0.469 e. The second-order valence-electron chi connectivity index (χ2n) is 4.57. The molecule has 1 unspecified atom stereocenters. The number of hydrogen-bond acceptors (Lipinski definition) is 4. The molecule has 0 aliphatic carbocycles. The topological polar surface area (TPSA) is 68.3 Å². The Kier molecular flexibility index (Phi) is 5.49. The summed E-state index contributed by atoms with van der Waals surface area (Å²) in [4.78, 5) is 27.8. The number of carbonyl (C=O) groups is 2. The van der Waals surface area contributed by atoms with Crippen molar-refractivity contribution in [3.63, 3.8) is 0 Å². The first-order valence-electron chi connectivity index (χ1n) is 6.64. The lowest BCUT2D eigenvalue weighted by Crippen LogP contribution is -2.31. The lowest BCUT2D eigenvalue weighted by atomic mass is 10.0. The first kappa shape index (κ1) is 16.0. The van der Waals surface area contributed by atoms with E-state index in [-0.39, 0.29) is 18.0 Å². The number of aromatic nitrogens is 1. The van der Waals surface area contributed by atoms with Crippen LogP contribution in [0.15, 0.2) is 48.7 Å². The van der Waals surface area contributed by atoms with Crippen LogP contribution >= 0.6 is 11.6 Å². The van der Waals surface area contributed by atoms with Gasteiger partial charge in [-0.1, -0.05) is 29.8 Å². The Hall–Kier alpha value is -2.40. The number of nitrogens with zero attached hydrogens (tertiary/aromatic N) is 1. The molecule has 0 spiro atoms. The average Bonchev–Trinajstić information content (AvgIpc) is 2.55. The normalized spacial score (nSPS) is 11.5. The number of rotatable bonds is 5. The maximum atomic E-state index is 12.2. The molecule has 1 N–H and O–H groups in total. The zero-order chi connectivity index (χ0) is 15.9. The van der Waals surface area contributed by atoms with Crippen molar-refractivity contribution < 1.29 is 14.3 Å². The predicted octanol–water partition coefficient (Wildman–Crippen LogP) is 2.77. The van der Waals surface area contributed by atoms with Crippen LogP contribution in [0.1, 0.15) is 28.5 Å². The van der Waals surface area contributed by atoms with Gasteiger partial charge in [-0.2, -0.15) is 0 Å². The van der Waals surface area contributed by atoms with Crippen LogP contribution in [-0.2, 0) is 9.53 Å². The molecular weight excluding hydrogens is 304 g/mol. The Morgan fingerprint density at radius 3 is 2.55 bits per heavy atom. The molecule has 2 aromatic rings. The third-order valence-electron chi connectivity index (χ3n) is 3.07. The Bertz CT molecular complexity index is 644. The van der Waals surface area contributed by atoms with Crippen LogP contribution in [0.25, 0.3) is 0 Å². The van der Waals surface area contributed by atoms with Gasteiger partial charge in [0.05, 0.1) is 19.6 Å². The van der Waals surface area contributed by atoms with Crippen molar-refractivity contribution in [2.75, 3.05) is 7.11 Å². The number of ether oxygens (including phenoxy) is 1. The van der Waals surface area contributed by atoms with E-state index in [2.05, 4.69) is 15.0 Å². The molecule has 1 atom stereocenters. The van der Waals surface area contributed by atoms with E-state index in [0.717, 1.165) is 5.56 Å². The van der Waals surface area contributed by atoms with Gasteiger partial charge in [-0.05, 0) is 29.8 Å². The van der Waals surface area contributed by atoms with E-state index in [1.807, 2.05) is 0 Å². The number of hydrogen-bond donors (Lipinski definition) is 1. The van der Waals surface area contributed by atoms with Gasteiger partial charge >= 0.3 is 5.97 Å². The summed E-state index contributed by atoms with van der Waals surface area (Å²) in [6, 6.07) is 11.5. The number of halogens is 1. The SMILES string of the molecule is COC(=O)CC(NC(=O)c1ccccn1)c1ccc(Cl)cc1. The second-order valence-corrected chi connectivity index (χ2v) is 5.01. The monoisotopic (exact) mass is 318 g/mol. The van der Waals surface area contributed by atoms with Crippen molar-refractivity contribution in [3.8, 4) is 0 Å². The van der Waals surface area contributed by atoms with Crippen molar-refractivity contribution in [1.82, 2.24) is 10.3 Å². The van der Waals surface area contributed by atoms with Crippen LogP contribution in [0.5, 0.6) is 0 Å². The predicted molar refractivity (Wildman–Crippen MR) is 82.5 cm³/mol. The zero-order valence-electron chi connectivity index (χ0n) is 12.0. The Morgan fingerprint density at radius 1 is 1.23 bits per heavy atom. The lowest BCUT2D eigenvalue weighted by Gasteiger charge is -2.18. The van der Waals surface area contributed by atoms with E-state index in [0.29, 0.717) is 5.02 Å². The second kappa shape index (κ2) is 7.56. The molecular formula is C16H15ClN2O3. The van der Waals surface area contributed by atoms with Crippen LogP contribution in [0.3, 0.4) is 0 Å². The molecule has 0 aliphatic heterocycles. The maximum absolute atomic E-state index is 12.2. The smallest absolute Gasteiger partial charge is 0.307 e. The summed E-state index contributed by atoms with van der Waals surface area (Å²) in [5.41, 5.74) is 1.05. The Balaban J connectivity index is 2.19. The summed E-state index contributed by atoms with van der Waals surface area (Å²) in [7, 11) is 1.31. The summed E-state index contributed by atoms with van der Waals surface area (Å²) < 4.78 is 4.68. The molecule has 6 heteroatoms. The molecule has 0 fully saturated rings. The van der Waals surface area contributed by atoms with Crippen LogP contribution in [-0.4, -0.2) is 24.0 Å². The van der Waals surface area contributed by atoms with Crippen molar-refractivity contribution >= 4 is 23.5 Å². The van der Waals surface area contributed by atoms with E-state index in [4.69, 9.17) is 11.6 Å². The number of amides is 1. The Labute approximate surface area is 133 Å². The molecule has 114 valence electrons. The number of methoxy groups -OCH3 is 1. The first-order valence-corrected chi connectivity index (χ1v) is 7.02. The van der Waals surface area contributed by atoms with Crippen LogP contribution in [0.4, 0.5) is 0 Å². The van der Waals surface area contributed by atoms with Crippen molar-refractivity contribution in [1.29, 1.82) is 0 Å². The van der Waals surface area contributed by atoms with E-state index >= 15 is 0 Å². The molecule has 22 heavy (non-hydrogen) atoms. The van der Waals surface area contributed by atoms with Gasteiger partial charge in [0, 0.05) is 11.2 Å². The van der Waals surface area contributed by atoms with Gasteiger partial charge in [0.15, 0.2) is 0 Å². The van der Waals surface area contributed by atoms with Gasteiger partial charge in [0.1, 0.15) is 5.69 Å². The van der Waals surface area contributed by atoms with E-state index < -0.39 is 12.0 Å². The van der Waals surface area contributed by atoms with E-state index in [9.17, 15) is 9.59 Å². The van der Waals surface area contributed by atoms with Crippen LogP contribution < -0.4 is 5.32 Å². The van der Waals surface area contributed by atoms with Crippen LogP contribution in [0.2, 0.25) is 5.02 Å². The van der Waals surface area contributed by atoms with Gasteiger partial charge in [-0.25, -0.2) is 0 Å². The molecule has 0 aliphatic rings. The molecule has 5 nitrogen and oxygen atoms in total. The molecule has 1 amide bonds. The number of nitrogens with one attached hydrogen (secondary N) is 1. The fourth-order valence-corrected chi connectivity index (χ4v) is 2.05. The van der Waals surface area contributed by atoms with E-state index in [1.165, 1.54) is 13.3 Å². The minimum absolute atomic E-state index is 0.0245. The highest BCUT2D eigenvalue weighted by Gasteiger charge is 2.20. The van der Waals surface area contributed by atoms with Crippen molar-refractivity contribution in [3.05, 3.63) is 64.9 Å². The molecule has 0 radical (unpaired) electrons. The molecule has 0 saturated carbocycles. The van der Waals surface area contributed by atoms with Gasteiger partial charge in [-0.3, -0.25) is 14.6 Å². The number of pyridine rings is 1. The van der Waals surface area contributed by atoms with E-state index in [1.54, 1.807) is 42.5 Å². The highest BCUT2D eigenvalue weighted by molar-refractivity contribution is 6.30. The van der Waals surface area contributed by atoms with Crippen molar-refractivity contribution in [2.45, 2.75) is 12.5 Å². The third-order valence-corrected chi connectivity index (χ3v) is 3.33. The highest BCUT2D eigenvalue weighted by atomic mass is 35.5. The highest BCUT2D eigenvalue weighted by Crippen LogP contribution is 2.20. The molecule has 1 aromatic carbocycles. The lowest BCUT2D eigenvalue weighted by molar-refractivity contribution is -0.141. The molecule has 0 saturated heterocycles. The maximum Gasteiger partial charge on any atom is 0.307 e. The number of benzene rings is 1. The minimum atomic E-state index is -0.515. The standard InChI is InChI=1S/C16H15ClN2O3/c1-22-15(20)10-14(11-5-7-12(17)8-6-11)19-16(21)13-4-2-3-9-18-13/h2-9,14H,10H2,1H3,(H,19,21). The largest absolute Gasteiger partial charge is 0.469 e. The third kappa shape index (κ3) is 4.30. The molecule has 1 aromatic heterocycles. The first-order chi connectivity index (χ1) is 10.6. The summed E-state index contributed by atoms with van der Waals surface area (Å²) in [6.07, 6.45) is 1.56. The summed E-state index contributed by atoms with van der Waals surface area (Å²) in [5, 5.41) is 3.37. The Morgan fingerprint density at radius 2 is 1.95 bits per heavy atom. The van der Waals surface area contributed by atoms with Crippen molar-refractivity contribution in [2.24, 2.45) is 0 Å². The fourth-order valence-electron chi connectivity index (χ4n) is 1.93. The van der Waals surface area contributed by atoms with Gasteiger partial charge in [0.2, 0.25) is 0 Å². The van der Waals surface area contributed by atoms with Gasteiger partial charge in [0.25, 0.3) is 5.91 Å². The van der Waals surface area contributed by atoms with Crippen LogP contribution in [0, 0.1) is 0 Å². The summed E-state index contributed by atoms with van der Waals surface area (Å²) in [6.45, 7) is 0. The molecule has 1 heterocycles. The zero-order valence-corrected chi connectivity index (χ0v) is 12.7. The summed E-state index contributed by atoms with van der Waals surface area (Å²) >= 11 is 5.86. The fraction of sp³-hybridized carbons (Fsp3) is 0.188. The summed E-state index contributed by atoms with van der Waals surface area (Å²) in [5.74, 6) is -0.772. The quantitative estimate of drug-likeness (QED) is 0.861. The number of carbonyl (C=O) groups excluding carboxylic acids is 2. The molecule has 2 rings (SSSR count).